The van der Waals surface area contributed by atoms with E-state index in [9.17, 15) is 4.79 Å². The number of nitrogens with one attached hydrogen (secondary N) is 1. The number of pyridine rings is 1. The van der Waals surface area contributed by atoms with Crippen LogP contribution in [0.15, 0.2) is 10.9 Å². The van der Waals surface area contributed by atoms with E-state index in [4.69, 9.17) is 5.73 Å². The monoisotopic (exact) mass is 178 g/mol. The van der Waals surface area contributed by atoms with Gasteiger partial charge >= 0.3 is 0 Å². The molecule has 1 fully saturated rings. The van der Waals surface area contributed by atoms with Crippen molar-refractivity contribution in [3.63, 3.8) is 0 Å². The van der Waals surface area contributed by atoms with Crippen LogP contribution in [-0.4, -0.2) is 4.98 Å². The SMILES string of the molecule is Cc1cc(C2CC2)c(CN)c(=O)[nH]1. The van der Waals surface area contributed by atoms with Crippen LogP contribution in [0.25, 0.3) is 0 Å². The molecule has 0 aromatic carbocycles. The highest BCUT2D eigenvalue weighted by molar-refractivity contribution is 5.32. The summed E-state index contributed by atoms with van der Waals surface area (Å²) in [5, 5.41) is 0. The lowest BCUT2D eigenvalue weighted by atomic mass is 10.0. The molecule has 0 atom stereocenters. The summed E-state index contributed by atoms with van der Waals surface area (Å²) in [6, 6.07) is 2.06. The Kier molecular flexibility index (Phi) is 1.96. The Bertz CT molecular complexity index is 377. The second-order valence-electron chi connectivity index (χ2n) is 3.69. The van der Waals surface area contributed by atoms with Crippen molar-refractivity contribution in [1.82, 2.24) is 4.98 Å². The fraction of sp³-hybridized carbons (Fsp3) is 0.500. The molecule has 1 aromatic rings. The quantitative estimate of drug-likeness (QED) is 0.710. The van der Waals surface area contributed by atoms with E-state index in [1.54, 1.807) is 0 Å². The lowest BCUT2D eigenvalue weighted by Crippen LogP contribution is -2.19. The average molecular weight is 178 g/mol. The van der Waals surface area contributed by atoms with Gasteiger partial charge in [-0.15, -0.1) is 0 Å². The maximum atomic E-state index is 11.5. The van der Waals surface area contributed by atoms with Gasteiger partial charge in [0.15, 0.2) is 0 Å². The minimum Gasteiger partial charge on any atom is -0.326 e. The van der Waals surface area contributed by atoms with E-state index in [-0.39, 0.29) is 5.56 Å². The number of hydrogen-bond acceptors (Lipinski definition) is 2. The summed E-state index contributed by atoms with van der Waals surface area (Å²) >= 11 is 0. The van der Waals surface area contributed by atoms with Crippen molar-refractivity contribution in [3.8, 4) is 0 Å². The second kappa shape index (κ2) is 3.00. The summed E-state index contributed by atoms with van der Waals surface area (Å²) in [5.74, 6) is 0.597. The predicted octanol–water partition coefficient (Wildman–Crippen LogP) is 1.02. The van der Waals surface area contributed by atoms with Crippen molar-refractivity contribution in [2.45, 2.75) is 32.2 Å². The Morgan fingerprint density at radius 3 is 2.85 bits per heavy atom. The minimum atomic E-state index is -0.00981. The molecule has 0 radical (unpaired) electrons. The number of aryl methyl sites for hydroxylation is 1. The minimum absolute atomic E-state index is 0.00981. The van der Waals surface area contributed by atoms with Crippen molar-refractivity contribution < 1.29 is 0 Å². The molecule has 0 bridgehead atoms. The molecule has 0 saturated heterocycles. The van der Waals surface area contributed by atoms with Gasteiger partial charge in [-0.2, -0.15) is 0 Å². The molecule has 1 aliphatic rings. The third kappa shape index (κ3) is 1.52. The highest BCUT2D eigenvalue weighted by atomic mass is 16.1. The van der Waals surface area contributed by atoms with Gasteiger partial charge in [-0.25, -0.2) is 0 Å². The van der Waals surface area contributed by atoms with Gasteiger partial charge in [-0.1, -0.05) is 0 Å². The molecule has 70 valence electrons. The van der Waals surface area contributed by atoms with Gasteiger partial charge in [0.25, 0.3) is 5.56 Å². The highest BCUT2D eigenvalue weighted by Crippen LogP contribution is 2.40. The number of H-pyrrole nitrogens is 1. The normalized spacial score (nSPS) is 16.2. The molecule has 1 saturated carbocycles. The first-order chi connectivity index (χ1) is 6.22. The van der Waals surface area contributed by atoms with Crippen LogP contribution in [0.5, 0.6) is 0 Å². The molecule has 2 rings (SSSR count). The van der Waals surface area contributed by atoms with E-state index in [0.717, 1.165) is 11.3 Å². The maximum Gasteiger partial charge on any atom is 0.252 e. The van der Waals surface area contributed by atoms with Crippen LogP contribution in [0, 0.1) is 6.92 Å². The first-order valence-electron chi connectivity index (χ1n) is 4.65. The highest BCUT2D eigenvalue weighted by Gasteiger charge is 2.26. The van der Waals surface area contributed by atoms with Crippen LogP contribution >= 0.6 is 0 Å². The van der Waals surface area contributed by atoms with Gasteiger partial charge in [0.05, 0.1) is 0 Å². The average Bonchev–Trinajstić information content (AvgIpc) is 2.85. The zero-order chi connectivity index (χ0) is 9.42. The molecule has 3 N–H and O–H groups in total. The lowest BCUT2D eigenvalue weighted by molar-refractivity contribution is 0.936. The summed E-state index contributed by atoms with van der Waals surface area (Å²) in [6.07, 6.45) is 2.41. The van der Waals surface area contributed by atoms with Gasteiger partial charge in [0.1, 0.15) is 0 Å². The number of aromatic nitrogens is 1. The fourth-order valence-corrected chi connectivity index (χ4v) is 1.71. The molecule has 0 unspecified atom stereocenters. The van der Waals surface area contributed by atoms with Gasteiger partial charge in [0, 0.05) is 17.8 Å². The largest absolute Gasteiger partial charge is 0.326 e. The molecular formula is C10H14N2O. The van der Waals surface area contributed by atoms with Crippen LogP contribution in [0.1, 0.15) is 35.6 Å². The van der Waals surface area contributed by atoms with E-state index in [0.29, 0.717) is 12.5 Å². The van der Waals surface area contributed by atoms with E-state index >= 15 is 0 Å². The Labute approximate surface area is 77.0 Å². The van der Waals surface area contributed by atoms with E-state index in [1.165, 1.54) is 18.4 Å². The van der Waals surface area contributed by atoms with Crippen LogP contribution in [-0.2, 0) is 6.54 Å². The van der Waals surface area contributed by atoms with E-state index in [2.05, 4.69) is 11.1 Å². The summed E-state index contributed by atoms with van der Waals surface area (Å²) in [4.78, 5) is 14.3. The first kappa shape index (κ1) is 8.51. The van der Waals surface area contributed by atoms with Gasteiger partial charge in [-0.3, -0.25) is 4.79 Å². The number of nitrogens with two attached hydrogens (primary N) is 1. The van der Waals surface area contributed by atoms with Crippen LogP contribution in [0.4, 0.5) is 0 Å². The molecule has 0 aliphatic heterocycles. The van der Waals surface area contributed by atoms with E-state index in [1.807, 2.05) is 6.92 Å². The number of rotatable bonds is 2. The predicted molar refractivity (Wildman–Crippen MR) is 51.7 cm³/mol. The molecule has 0 amide bonds. The summed E-state index contributed by atoms with van der Waals surface area (Å²) in [5.41, 5.74) is 8.41. The van der Waals surface area contributed by atoms with Crippen molar-refractivity contribution in [2.24, 2.45) is 5.73 Å². The summed E-state index contributed by atoms with van der Waals surface area (Å²) in [7, 11) is 0. The third-order valence-corrected chi connectivity index (χ3v) is 2.53. The molecule has 1 aromatic heterocycles. The topological polar surface area (TPSA) is 58.9 Å². The summed E-state index contributed by atoms with van der Waals surface area (Å²) < 4.78 is 0. The Hall–Kier alpha value is -1.09. The Morgan fingerprint density at radius 2 is 2.31 bits per heavy atom. The van der Waals surface area contributed by atoms with Gasteiger partial charge in [-0.05, 0) is 37.3 Å². The Balaban J connectivity index is 2.56. The first-order valence-corrected chi connectivity index (χ1v) is 4.65. The molecule has 1 heterocycles. The van der Waals surface area contributed by atoms with Gasteiger partial charge < -0.3 is 10.7 Å². The van der Waals surface area contributed by atoms with Crippen LogP contribution < -0.4 is 11.3 Å². The second-order valence-corrected chi connectivity index (χ2v) is 3.69. The molecule has 3 nitrogen and oxygen atoms in total. The molecule has 13 heavy (non-hydrogen) atoms. The van der Waals surface area contributed by atoms with E-state index < -0.39 is 0 Å². The molecule has 3 heteroatoms. The number of hydrogen-bond donors (Lipinski definition) is 2. The van der Waals surface area contributed by atoms with Crippen molar-refractivity contribution in [1.29, 1.82) is 0 Å². The molecule has 1 aliphatic carbocycles. The van der Waals surface area contributed by atoms with Crippen LogP contribution in [0.3, 0.4) is 0 Å². The van der Waals surface area contributed by atoms with Gasteiger partial charge in [0.2, 0.25) is 0 Å². The Morgan fingerprint density at radius 1 is 1.62 bits per heavy atom. The standard InChI is InChI=1S/C10H14N2O/c1-6-4-8(7-2-3-7)9(5-11)10(13)12-6/h4,7H,2-3,5,11H2,1H3,(H,12,13). The summed E-state index contributed by atoms with van der Waals surface area (Å²) in [6.45, 7) is 2.26. The molecule has 0 spiro atoms. The van der Waals surface area contributed by atoms with Crippen molar-refractivity contribution >= 4 is 0 Å². The smallest absolute Gasteiger partial charge is 0.252 e. The van der Waals surface area contributed by atoms with Crippen LogP contribution in [0.2, 0.25) is 0 Å². The fourth-order valence-electron chi connectivity index (χ4n) is 1.71. The molecular weight excluding hydrogens is 164 g/mol. The zero-order valence-corrected chi connectivity index (χ0v) is 7.76. The zero-order valence-electron chi connectivity index (χ0n) is 7.76. The van der Waals surface area contributed by atoms with Crippen molar-refractivity contribution in [3.05, 3.63) is 33.2 Å². The number of aromatic amines is 1. The van der Waals surface area contributed by atoms with Crippen molar-refractivity contribution in [2.75, 3.05) is 0 Å². The third-order valence-electron chi connectivity index (χ3n) is 2.53. The lowest BCUT2D eigenvalue weighted by Gasteiger charge is -2.06. The maximum absolute atomic E-state index is 11.5.